The second-order valence-electron chi connectivity index (χ2n) is 6.32. The van der Waals surface area contributed by atoms with Crippen LogP contribution in [0.4, 0.5) is 0 Å². The Hall–Kier alpha value is -2.45. The fraction of sp³-hybridized carbons (Fsp3) is 0.125. The van der Waals surface area contributed by atoms with Crippen molar-refractivity contribution < 1.29 is 9.47 Å². The Morgan fingerprint density at radius 1 is 1.07 bits per heavy atom. The number of rotatable bonds is 7. The number of hydrogen-bond acceptors (Lipinski definition) is 3. The molecule has 0 amide bonds. The molecule has 0 aliphatic heterocycles. The molecule has 3 aromatic rings. The quantitative estimate of drug-likeness (QED) is 0.244. The molecular weight excluding hydrogens is 485 g/mol. The third-order valence-electron chi connectivity index (χ3n) is 4.24. The summed E-state index contributed by atoms with van der Waals surface area (Å²) in [6.45, 7) is 2.64. The highest BCUT2D eigenvalue weighted by atomic mass is 79.9. The number of hydrogen-bond donors (Lipinski definition) is 0. The fourth-order valence-electron chi connectivity index (χ4n) is 2.83. The fourth-order valence-corrected chi connectivity index (χ4v) is 3.86. The van der Waals surface area contributed by atoms with Crippen molar-refractivity contribution in [2.75, 3.05) is 6.61 Å². The summed E-state index contributed by atoms with van der Waals surface area (Å²) in [6, 6.07) is 20.8. The lowest BCUT2D eigenvalue weighted by Crippen LogP contribution is -2.01. The number of allylic oxidation sites excluding steroid dienone is 1. The van der Waals surface area contributed by atoms with E-state index < -0.39 is 0 Å². The zero-order chi connectivity index (χ0) is 21.5. The van der Waals surface area contributed by atoms with Crippen molar-refractivity contribution in [2.45, 2.75) is 13.5 Å². The van der Waals surface area contributed by atoms with Gasteiger partial charge in [0.25, 0.3) is 0 Å². The van der Waals surface area contributed by atoms with Gasteiger partial charge < -0.3 is 9.47 Å². The van der Waals surface area contributed by atoms with Crippen molar-refractivity contribution in [3.8, 4) is 17.6 Å². The Morgan fingerprint density at radius 3 is 2.50 bits per heavy atom. The van der Waals surface area contributed by atoms with Gasteiger partial charge in [0, 0.05) is 15.6 Å². The van der Waals surface area contributed by atoms with Gasteiger partial charge in [0.2, 0.25) is 0 Å². The lowest BCUT2D eigenvalue weighted by Gasteiger charge is -2.15. The molecule has 152 valence electrons. The standard InChI is InChI=1S/C24H18BrCl2NO2/c1-2-29-23-12-16(10-19(14-28)17-6-4-3-5-7-17)11-21(25)24(23)30-15-18-8-9-20(26)13-22(18)27/h3-13H,2,15H2,1H3/b19-10-. The van der Waals surface area contributed by atoms with Crippen LogP contribution in [0.2, 0.25) is 10.0 Å². The van der Waals surface area contributed by atoms with E-state index in [2.05, 4.69) is 22.0 Å². The number of nitriles is 1. The van der Waals surface area contributed by atoms with Gasteiger partial charge in [-0.15, -0.1) is 0 Å². The Morgan fingerprint density at radius 2 is 1.83 bits per heavy atom. The number of benzene rings is 3. The molecule has 3 aromatic carbocycles. The zero-order valence-electron chi connectivity index (χ0n) is 16.2. The van der Waals surface area contributed by atoms with Gasteiger partial charge >= 0.3 is 0 Å². The maximum Gasteiger partial charge on any atom is 0.175 e. The van der Waals surface area contributed by atoms with Gasteiger partial charge in [-0.25, -0.2) is 0 Å². The van der Waals surface area contributed by atoms with E-state index in [0.29, 0.717) is 33.7 Å². The molecule has 0 radical (unpaired) electrons. The molecule has 0 aliphatic carbocycles. The van der Waals surface area contributed by atoms with Gasteiger partial charge in [-0.3, -0.25) is 0 Å². The van der Waals surface area contributed by atoms with E-state index in [1.807, 2.05) is 61.5 Å². The van der Waals surface area contributed by atoms with E-state index in [4.69, 9.17) is 32.7 Å². The molecule has 0 fully saturated rings. The van der Waals surface area contributed by atoms with Gasteiger partial charge in [-0.2, -0.15) is 5.26 Å². The van der Waals surface area contributed by atoms with Crippen LogP contribution in [-0.2, 0) is 6.61 Å². The van der Waals surface area contributed by atoms with E-state index in [1.165, 1.54) is 0 Å². The number of nitrogens with zero attached hydrogens (tertiary/aromatic N) is 1. The van der Waals surface area contributed by atoms with Gasteiger partial charge in [0.1, 0.15) is 6.61 Å². The largest absolute Gasteiger partial charge is 0.490 e. The highest BCUT2D eigenvalue weighted by molar-refractivity contribution is 9.10. The van der Waals surface area contributed by atoms with Gasteiger partial charge in [-0.1, -0.05) is 59.6 Å². The van der Waals surface area contributed by atoms with E-state index >= 15 is 0 Å². The molecule has 0 N–H and O–H groups in total. The highest BCUT2D eigenvalue weighted by Crippen LogP contribution is 2.39. The summed E-state index contributed by atoms with van der Waals surface area (Å²) < 4.78 is 12.5. The molecule has 6 heteroatoms. The summed E-state index contributed by atoms with van der Waals surface area (Å²) in [7, 11) is 0. The van der Waals surface area contributed by atoms with Crippen LogP contribution in [-0.4, -0.2) is 6.61 Å². The molecule has 0 saturated carbocycles. The molecule has 0 aliphatic rings. The second-order valence-corrected chi connectivity index (χ2v) is 8.02. The predicted octanol–water partition coefficient (Wildman–Crippen LogP) is 7.80. The van der Waals surface area contributed by atoms with Gasteiger partial charge in [-0.05, 0) is 64.3 Å². The highest BCUT2D eigenvalue weighted by Gasteiger charge is 2.14. The molecule has 30 heavy (non-hydrogen) atoms. The van der Waals surface area contributed by atoms with Crippen LogP contribution in [0.1, 0.15) is 23.6 Å². The first-order valence-corrected chi connectivity index (χ1v) is 10.8. The van der Waals surface area contributed by atoms with Crippen molar-refractivity contribution in [3.05, 3.63) is 91.9 Å². The first-order valence-electron chi connectivity index (χ1n) is 9.22. The zero-order valence-corrected chi connectivity index (χ0v) is 19.3. The Labute approximate surface area is 194 Å². The van der Waals surface area contributed by atoms with Crippen molar-refractivity contribution in [1.29, 1.82) is 5.26 Å². The SMILES string of the molecule is CCOc1cc(/C=C(/C#N)c2ccccc2)cc(Br)c1OCc1ccc(Cl)cc1Cl. The molecule has 3 nitrogen and oxygen atoms in total. The van der Waals surface area contributed by atoms with E-state index in [-0.39, 0.29) is 6.61 Å². The summed E-state index contributed by atoms with van der Waals surface area (Å²) in [6.07, 6.45) is 1.82. The van der Waals surface area contributed by atoms with Crippen molar-refractivity contribution >= 4 is 50.8 Å². The van der Waals surface area contributed by atoms with Crippen LogP contribution < -0.4 is 9.47 Å². The lowest BCUT2D eigenvalue weighted by atomic mass is 10.0. The second kappa shape index (κ2) is 10.5. The molecular formula is C24H18BrCl2NO2. The molecule has 0 bridgehead atoms. The average Bonchev–Trinajstić information content (AvgIpc) is 2.73. The van der Waals surface area contributed by atoms with Crippen LogP contribution >= 0.6 is 39.1 Å². The Bertz CT molecular complexity index is 1110. The molecule has 3 rings (SSSR count). The molecule has 0 saturated heterocycles. The minimum absolute atomic E-state index is 0.261. The van der Waals surface area contributed by atoms with E-state index in [1.54, 1.807) is 12.1 Å². The molecule has 0 spiro atoms. The third-order valence-corrected chi connectivity index (χ3v) is 5.41. The first-order chi connectivity index (χ1) is 14.5. The summed E-state index contributed by atoms with van der Waals surface area (Å²) in [4.78, 5) is 0. The number of ether oxygens (including phenoxy) is 2. The molecule has 0 atom stereocenters. The summed E-state index contributed by atoms with van der Waals surface area (Å²) >= 11 is 15.8. The Kier molecular flexibility index (Phi) is 7.81. The normalized spacial score (nSPS) is 11.1. The summed E-state index contributed by atoms with van der Waals surface area (Å²) in [5, 5.41) is 10.7. The van der Waals surface area contributed by atoms with Crippen molar-refractivity contribution in [3.63, 3.8) is 0 Å². The van der Waals surface area contributed by atoms with Crippen LogP contribution in [0.5, 0.6) is 11.5 Å². The maximum atomic E-state index is 9.59. The smallest absolute Gasteiger partial charge is 0.175 e. The predicted molar refractivity (Wildman–Crippen MR) is 126 cm³/mol. The average molecular weight is 503 g/mol. The summed E-state index contributed by atoms with van der Waals surface area (Å²) in [5.74, 6) is 1.15. The van der Waals surface area contributed by atoms with Crippen LogP contribution in [0.15, 0.2) is 65.1 Å². The van der Waals surface area contributed by atoms with Crippen LogP contribution in [0, 0.1) is 11.3 Å². The van der Waals surface area contributed by atoms with E-state index in [9.17, 15) is 5.26 Å². The lowest BCUT2D eigenvalue weighted by molar-refractivity contribution is 0.267. The van der Waals surface area contributed by atoms with Crippen molar-refractivity contribution in [2.24, 2.45) is 0 Å². The van der Waals surface area contributed by atoms with Gasteiger partial charge in [0.15, 0.2) is 11.5 Å². The molecule has 0 heterocycles. The Balaban J connectivity index is 1.92. The first kappa shape index (κ1) is 22.2. The minimum Gasteiger partial charge on any atom is -0.490 e. The minimum atomic E-state index is 0.261. The molecule has 0 unspecified atom stereocenters. The van der Waals surface area contributed by atoms with Gasteiger partial charge in [0.05, 0.1) is 22.7 Å². The third kappa shape index (κ3) is 5.58. The summed E-state index contributed by atoms with van der Waals surface area (Å²) in [5.41, 5.74) is 3.05. The number of halogens is 3. The molecule has 0 aromatic heterocycles. The maximum absolute atomic E-state index is 9.59. The topological polar surface area (TPSA) is 42.2 Å². The van der Waals surface area contributed by atoms with Crippen molar-refractivity contribution in [1.82, 2.24) is 0 Å². The monoisotopic (exact) mass is 501 g/mol. The van der Waals surface area contributed by atoms with E-state index in [0.717, 1.165) is 21.2 Å². The van der Waals surface area contributed by atoms with Crippen LogP contribution in [0.25, 0.3) is 11.6 Å². The van der Waals surface area contributed by atoms with Crippen LogP contribution in [0.3, 0.4) is 0 Å².